The molecule has 1 heterocycles. The Morgan fingerprint density at radius 2 is 1.95 bits per heavy atom. The van der Waals surface area contributed by atoms with Crippen LogP contribution in [0.25, 0.3) is 0 Å². The first-order chi connectivity index (χ1) is 9.47. The van der Waals surface area contributed by atoms with Gasteiger partial charge < -0.3 is 10.4 Å². The largest absolute Gasteiger partial charge is 0.506 e. The van der Waals surface area contributed by atoms with Crippen LogP contribution in [0.2, 0.25) is 0 Å². The van der Waals surface area contributed by atoms with Gasteiger partial charge >= 0.3 is 0 Å². The van der Waals surface area contributed by atoms with Gasteiger partial charge in [0.2, 0.25) is 0 Å². The van der Waals surface area contributed by atoms with Gasteiger partial charge in [-0.1, -0.05) is 6.07 Å². The zero-order valence-corrected chi connectivity index (χ0v) is 11.3. The van der Waals surface area contributed by atoms with E-state index < -0.39 is 11.6 Å². The second-order valence-electron chi connectivity index (χ2n) is 4.69. The summed E-state index contributed by atoms with van der Waals surface area (Å²) >= 11 is 0. The van der Waals surface area contributed by atoms with Crippen molar-refractivity contribution in [2.75, 3.05) is 0 Å². The number of rotatable bonds is 4. The van der Waals surface area contributed by atoms with Crippen LogP contribution in [0.3, 0.4) is 0 Å². The van der Waals surface area contributed by atoms with Crippen LogP contribution in [0.5, 0.6) is 5.75 Å². The molecule has 0 aliphatic heterocycles. The molecule has 1 aromatic heterocycles. The van der Waals surface area contributed by atoms with Crippen molar-refractivity contribution in [3.8, 4) is 5.75 Å². The molecule has 1 unspecified atom stereocenters. The molecule has 1 aromatic carbocycles. The average molecular weight is 278 g/mol. The van der Waals surface area contributed by atoms with E-state index >= 15 is 0 Å². The SMILES string of the molecule is Cc1ccc(O)c(CNC(C)c2ccc(F)c(F)c2)n1. The Bertz CT molecular complexity index is 617. The monoisotopic (exact) mass is 278 g/mol. The number of aromatic nitrogens is 1. The van der Waals surface area contributed by atoms with Crippen molar-refractivity contribution in [3.63, 3.8) is 0 Å². The minimum Gasteiger partial charge on any atom is -0.506 e. The van der Waals surface area contributed by atoms with E-state index in [4.69, 9.17) is 0 Å². The third-order valence-corrected chi connectivity index (χ3v) is 3.11. The van der Waals surface area contributed by atoms with Gasteiger partial charge in [-0.15, -0.1) is 0 Å². The fourth-order valence-electron chi connectivity index (χ4n) is 1.88. The van der Waals surface area contributed by atoms with Crippen molar-refractivity contribution in [2.45, 2.75) is 26.4 Å². The van der Waals surface area contributed by atoms with E-state index in [1.807, 2.05) is 13.8 Å². The Kier molecular flexibility index (Phi) is 4.29. The number of hydrogen-bond acceptors (Lipinski definition) is 3. The molecule has 0 fully saturated rings. The van der Waals surface area contributed by atoms with Crippen LogP contribution in [0.15, 0.2) is 30.3 Å². The van der Waals surface area contributed by atoms with Crippen LogP contribution in [0, 0.1) is 18.6 Å². The summed E-state index contributed by atoms with van der Waals surface area (Å²) in [7, 11) is 0. The lowest BCUT2D eigenvalue weighted by atomic mass is 10.1. The molecule has 106 valence electrons. The highest BCUT2D eigenvalue weighted by atomic mass is 19.2. The summed E-state index contributed by atoms with van der Waals surface area (Å²) in [5.74, 6) is -1.62. The van der Waals surface area contributed by atoms with Crippen LogP contribution < -0.4 is 5.32 Å². The van der Waals surface area contributed by atoms with Gasteiger partial charge in [-0.05, 0) is 43.7 Å². The first-order valence-corrected chi connectivity index (χ1v) is 6.31. The number of pyridine rings is 1. The summed E-state index contributed by atoms with van der Waals surface area (Å²) in [5, 5.41) is 12.8. The maximum absolute atomic E-state index is 13.2. The van der Waals surface area contributed by atoms with E-state index in [1.54, 1.807) is 12.1 Å². The third kappa shape index (κ3) is 3.30. The van der Waals surface area contributed by atoms with Crippen LogP contribution in [-0.2, 0) is 6.54 Å². The van der Waals surface area contributed by atoms with E-state index in [0.29, 0.717) is 17.8 Å². The number of benzene rings is 1. The minimum absolute atomic E-state index is 0.112. The first-order valence-electron chi connectivity index (χ1n) is 6.31. The molecule has 2 rings (SSSR count). The Hall–Kier alpha value is -2.01. The number of hydrogen-bond donors (Lipinski definition) is 2. The molecule has 0 saturated carbocycles. The van der Waals surface area contributed by atoms with Gasteiger partial charge in [-0.2, -0.15) is 0 Å². The normalized spacial score (nSPS) is 12.4. The summed E-state index contributed by atoms with van der Waals surface area (Å²) in [5.41, 5.74) is 1.97. The molecule has 1 atom stereocenters. The second kappa shape index (κ2) is 5.96. The molecule has 3 nitrogen and oxygen atoms in total. The van der Waals surface area contributed by atoms with Gasteiger partial charge in [-0.25, -0.2) is 8.78 Å². The van der Waals surface area contributed by atoms with Gasteiger partial charge in [0.15, 0.2) is 11.6 Å². The molecule has 0 aliphatic carbocycles. The fourth-order valence-corrected chi connectivity index (χ4v) is 1.88. The highest BCUT2D eigenvalue weighted by Gasteiger charge is 2.10. The van der Waals surface area contributed by atoms with Gasteiger partial charge in [0.1, 0.15) is 5.75 Å². The average Bonchev–Trinajstić information content (AvgIpc) is 2.42. The molecule has 0 radical (unpaired) electrons. The lowest BCUT2D eigenvalue weighted by molar-refractivity contribution is 0.453. The van der Waals surface area contributed by atoms with Gasteiger partial charge in [-0.3, -0.25) is 4.98 Å². The van der Waals surface area contributed by atoms with Gasteiger partial charge in [0.25, 0.3) is 0 Å². The molecule has 0 saturated heterocycles. The van der Waals surface area contributed by atoms with Crippen LogP contribution in [-0.4, -0.2) is 10.1 Å². The summed E-state index contributed by atoms with van der Waals surface area (Å²) in [4.78, 5) is 4.22. The molecule has 0 spiro atoms. The predicted octanol–water partition coefficient (Wildman–Crippen LogP) is 3.22. The molecule has 0 aliphatic rings. The molecule has 5 heteroatoms. The number of aryl methyl sites for hydroxylation is 1. The number of nitrogens with zero attached hydrogens (tertiary/aromatic N) is 1. The van der Waals surface area contributed by atoms with Crippen molar-refractivity contribution in [2.24, 2.45) is 0 Å². The van der Waals surface area contributed by atoms with Crippen molar-refractivity contribution < 1.29 is 13.9 Å². The van der Waals surface area contributed by atoms with E-state index in [9.17, 15) is 13.9 Å². The molecule has 0 bridgehead atoms. The van der Waals surface area contributed by atoms with E-state index in [1.165, 1.54) is 6.07 Å². The van der Waals surface area contributed by atoms with E-state index in [0.717, 1.165) is 17.8 Å². The number of nitrogens with one attached hydrogen (secondary N) is 1. The molecular weight excluding hydrogens is 262 g/mol. The molecular formula is C15H16F2N2O. The van der Waals surface area contributed by atoms with Crippen LogP contribution in [0.4, 0.5) is 8.78 Å². The Balaban J connectivity index is 2.06. The fraction of sp³-hybridized carbons (Fsp3) is 0.267. The number of halogens is 2. The minimum atomic E-state index is -0.868. The lowest BCUT2D eigenvalue weighted by Crippen LogP contribution is -2.19. The molecule has 0 amide bonds. The molecule has 2 aromatic rings. The first kappa shape index (κ1) is 14.4. The summed E-state index contributed by atoms with van der Waals surface area (Å²) in [6.45, 7) is 4.01. The third-order valence-electron chi connectivity index (χ3n) is 3.11. The van der Waals surface area contributed by atoms with Crippen LogP contribution in [0.1, 0.15) is 29.9 Å². The molecule has 20 heavy (non-hydrogen) atoms. The Morgan fingerprint density at radius 3 is 2.65 bits per heavy atom. The molecule has 2 N–H and O–H groups in total. The zero-order valence-electron chi connectivity index (χ0n) is 11.3. The quantitative estimate of drug-likeness (QED) is 0.902. The summed E-state index contributed by atoms with van der Waals surface area (Å²) in [6, 6.07) is 6.91. The highest BCUT2D eigenvalue weighted by Crippen LogP contribution is 2.18. The summed E-state index contributed by atoms with van der Waals surface area (Å²) < 4.78 is 26.0. The lowest BCUT2D eigenvalue weighted by Gasteiger charge is -2.15. The van der Waals surface area contributed by atoms with E-state index in [2.05, 4.69) is 10.3 Å². The zero-order chi connectivity index (χ0) is 14.7. The number of aromatic hydroxyl groups is 1. The van der Waals surface area contributed by atoms with Crippen molar-refractivity contribution in [1.82, 2.24) is 10.3 Å². The van der Waals surface area contributed by atoms with Crippen molar-refractivity contribution in [3.05, 3.63) is 58.9 Å². The van der Waals surface area contributed by atoms with Crippen LogP contribution >= 0.6 is 0 Å². The standard InChI is InChI=1S/C15H16F2N2O/c1-9-3-6-15(20)14(19-9)8-18-10(2)11-4-5-12(16)13(17)7-11/h3-7,10,18,20H,8H2,1-2H3. The topological polar surface area (TPSA) is 45.1 Å². The van der Waals surface area contributed by atoms with E-state index in [-0.39, 0.29) is 11.8 Å². The highest BCUT2D eigenvalue weighted by molar-refractivity contribution is 5.28. The Morgan fingerprint density at radius 1 is 1.20 bits per heavy atom. The maximum Gasteiger partial charge on any atom is 0.159 e. The second-order valence-corrected chi connectivity index (χ2v) is 4.69. The predicted molar refractivity (Wildman–Crippen MR) is 72.3 cm³/mol. The van der Waals surface area contributed by atoms with Gasteiger partial charge in [0.05, 0.1) is 5.69 Å². The smallest absolute Gasteiger partial charge is 0.159 e. The Labute approximate surface area is 116 Å². The van der Waals surface area contributed by atoms with Crippen molar-refractivity contribution >= 4 is 0 Å². The summed E-state index contributed by atoms with van der Waals surface area (Å²) in [6.07, 6.45) is 0. The van der Waals surface area contributed by atoms with Gasteiger partial charge in [0, 0.05) is 18.3 Å². The maximum atomic E-state index is 13.2. The van der Waals surface area contributed by atoms with Crippen molar-refractivity contribution in [1.29, 1.82) is 0 Å².